The van der Waals surface area contributed by atoms with Gasteiger partial charge in [0.05, 0.1) is 11.6 Å². The molecule has 2 fully saturated rings. The second kappa shape index (κ2) is 9.68. The Morgan fingerprint density at radius 2 is 1.73 bits per heavy atom. The van der Waals surface area contributed by atoms with Crippen molar-refractivity contribution in [2.45, 2.75) is 32.1 Å². The largest absolute Gasteiger partial charge is 0.369 e. The highest BCUT2D eigenvalue weighted by Gasteiger charge is 2.21. The lowest BCUT2D eigenvalue weighted by Gasteiger charge is -2.36. The Kier molecular flexibility index (Phi) is 6.32. The normalized spacial score (nSPS) is 17.5. The molecule has 1 aromatic heterocycles. The molecule has 1 amide bonds. The first-order valence-electron chi connectivity index (χ1n) is 12.1. The van der Waals surface area contributed by atoms with E-state index in [0.29, 0.717) is 6.42 Å². The van der Waals surface area contributed by atoms with Gasteiger partial charge < -0.3 is 14.8 Å². The van der Waals surface area contributed by atoms with Crippen LogP contribution in [0.5, 0.6) is 0 Å². The first-order valence-corrected chi connectivity index (χ1v) is 12.1. The second-order valence-corrected chi connectivity index (χ2v) is 9.14. The molecule has 0 saturated carbocycles. The van der Waals surface area contributed by atoms with Gasteiger partial charge in [-0.2, -0.15) is 5.26 Å². The third kappa shape index (κ3) is 4.74. The SMILES string of the molecule is N#Cc1ccc2[nH]cc(CCCN3CCN(c4ccc(N5CCCCC5=O)cc4)CC3)c2c1. The molecule has 1 N–H and O–H groups in total. The monoisotopic (exact) mass is 441 g/mol. The molecule has 2 aliphatic rings. The van der Waals surface area contributed by atoms with Gasteiger partial charge in [-0.15, -0.1) is 0 Å². The summed E-state index contributed by atoms with van der Waals surface area (Å²) in [6, 6.07) is 16.6. The van der Waals surface area contributed by atoms with Crippen LogP contribution in [0.15, 0.2) is 48.7 Å². The van der Waals surface area contributed by atoms with Crippen LogP contribution in [-0.4, -0.2) is 55.1 Å². The van der Waals surface area contributed by atoms with Crippen molar-refractivity contribution in [2.24, 2.45) is 0 Å². The van der Waals surface area contributed by atoms with E-state index in [4.69, 9.17) is 0 Å². The summed E-state index contributed by atoms with van der Waals surface area (Å²) in [5.41, 5.74) is 5.40. The Hall–Kier alpha value is -3.30. The number of fused-ring (bicyclic) bond motifs is 1. The van der Waals surface area contributed by atoms with E-state index >= 15 is 0 Å². The number of aryl methyl sites for hydroxylation is 1. The molecule has 0 aliphatic carbocycles. The first kappa shape index (κ1) is 21.5. The van der Waals surface area contributed by atoms with Crippen molar-refractivity contribution < 1.29 is 4.79 Å². The van der Waals surface area contributed by atoms with Gasteiger partial charge in [-0.05, 0) is 80.3 Å². The summed E-state index contributed by atoms with van der Waals surface area (Å²) < 4.78 is 0. The average Bonchev–Trinajstić information content (AvgIpc) is 3.27. The van der Waals surface area contributed by atoms with Crippen LogP contribution in [0.4, 0.5) is 11.4 Å². The molecule has 2 saturated heterocycles. The lowest BCUT2D eigenvalue weighted by molar-refractivity contribution is -0.119. The maximum atomic E-state index is 12.2. The van der Waals surface area contributed by atoms with Crippen LogP contribution in [0.1, 0.15) is 36.8 Å². The standard InChI is InChI=1S/C27H31N5O/c28-19-21-6-11-26-25(18-21)22(20-29-26)4-3-12-30-14-16-31(17-15-30)23-7-9-24(10-8-23)32-13-2-1-5-27(32)33/h6-11,18,20,29H,1-5,12-17H2. The average molecular weight is 442 g/mol. The fourth-order valence-corrected chi connectivity index (χ4v) is 5.10. The molecule has 33 heavy (non-hydrogen) atoms. The van der Waals surface area contributed by atoms with Crippen molar-refractivity contribution in [2.75, 3.05) is 49.1 Å². The highest BCUT2D eigenvalue weighted by atomic mass is 16.2. The van der Waals surface area contributed by atoms with Gasteiger partial charge in [0.15, 0.2) is 0 Å². The fraction of sp³-hybridized carbons (Fsp3) is 0.407. The zero-order chi connectivity index (χ0) is 22.6. The van der Waals surface area contributed by atoms with E-state index < -0.39 is 0 Å². The second-order valence-electron chi connectivity index (χ2n) is 9.14. The van der Waals surface area contributed by atoms with Crippen LogP contribution >= 0.6 is 0 Å². The molecule has 170 valence electrons. The van der Waals surface area contributed by atoms with E-state index in [-0.39, 0.29) is 5.91 Å². The van der Waals surface area contributed by atoms with Crippen molar-refractivity contribution >= 4 is 28.2 Å². The van der Waals surface area contributed by atoms with E-state index in [2.05, 4.69) is 51.3 Å². The van der Waals surface area contributed by atoms with E-state index in [0.717, 1.165) is 81.7 Å². The molecule has 6 nitrogen and oxygen atoms in total. The molecule has 0 atom stereocenters. The number of nitriles is 1. The summed E-state index contributed by atoms with van der Waals surface area (Å²) in [7, 11) is 0. The van der Waals surface area contributed by atoms with Gasteiger partial charge in [0.25, 0.3) is 0 Å². The zero-order valence-electron chi connectivity index (χ0n) is 19.1. The Labute approximate surface area is 195 Å². The van der Waals surface area contributed by atoms with Gasteiger partial charge in [0.2, 0.25) is 5.91 Å². The fourth-order valence-electron chi connectivity index (χ4n) is 5.10. The minimum atomic E-state index is 0.251. The van der Waals surface area contributed by atoms with Crippen molar-refractivity contribution in [3.05, 3.63) is 59.8 Å². The molecule has 2 aromatic carbocycles. The number of benzene rings is 2. The molecule has 0 bridgehead atoms. The van der Waals surface area contributed by atoms with E-state index in [1.807, 2.05) is 23.1 Å². The zero-order valence-corrected chi connectivity index (χ0v) is 19.1. The number of piperidine rings is 1. The predicted octanol–water partition coefficient (Wildman–Crippen LogP) is 4.31. The van der Waals surface area contributed by atoms with Crippen LogP contribution in [0.3, 0.4) is 0 Å². The van der Waals surface area contributed by atoms with Gasteiger partial charge in [0.1, 0.15) is 0 Å². The number of nitrogens with one attached hydrogen (secondary N) is 1. The number of rotatable bonds is 6. The van der Waals surface area contributed by atoms with Crippen molar-refractivity contribution in [3.63, 3.8) is 0 Å². The summed E-state index contributed by atoms with van der Waals surface area (Å²) in [4.78, 5) is 22.4. The molecule has 0 spiro atoms. The number of nitrogens with zero attached hydrogens (tertiary/aromatic N) is 4. The number of aromatic nitrogens is 1. The molecule has 2 aliphatic heterocycles. The molecule has 5 rings (SSSR count). The van der Waals surface area contributed by atoms with Gasteiger partial charge in [-0.25, -0.2) is 0 Å². The van der Waals surface area contributed by atoms with Gasteiger partial charge in [-0.3, -0.25) is 9.69 Å². The smallest absolute Gasteiger partial charge is 0.226 e. The van der Waals surface area contributed by atoms with Crippen LogP contribution in [0, 0.1) is 11.3 Å². The van der Waals surface area contributed by atoms with E-state index in [9.17, 15) is 10.1 Å². The Balaban J connectivity index is 1.10. The highest BCUT2D eigenvalue weighted by Crippen LogP contribution is 2.25. The third-order valence-corrected chi connectivity index (χ3v) is 7.04. The third-order valence-electron chi connectivity index (χ3n) is 7.04. The molecule has 0 radical (unpaired) electrons. The van der Waals surface area contributed by atoms with Crippen LogP contribution in [0.25, 0.3) is 10.9 Å². The summed E-state index contributed by atoms with van der Waals surface area (Å²) in [5.74, 6) is 0.251. The number of carbonyl (C=O) groups is 1. The minimum absolute atomic E-state index is 0.251. The summed E-state index contributed by atoms with van der Waals surface area (Å²) in [6.45, 7) is 6.13. The lowest BCUT2D eigenvalue weighted by atomic mass is 10.1. The van der Waals surface area contributed by atoms with Crippen LogP contribution in [-0.2, 0) is 11.2 Å². The highest BCUT2D eigenvalue weighted by molar-refractivity contribution is 5.94. The van der Waals surface area contributed by atoms with Crippen LogP contribution < -0.4 is 9.80 Å². The maximum Gasteiger partial charge on any atom is 0.226 e. The molecule has 0 unspecified atom stereocenters. The number of carbonyl (C=O) groups excluding carboxylic acids is 1. The summed E-state index contributed by atoms with van der Waals surface area (Å²) in [6.07, 6.45) is 7.00. The first-order chi connectivity index (χ1) is 16.2. The van der Waals surface area contributed by atoms with Gasteiger partial charge in [-0.1, -0.05) is 0 Å². The van der Waals surface area contributed by atoms with Crippen molar-refractivity contribution in [3.8, 4) is 6.07 Å². The molecular weight excluding hydrogens is 410 g/mol. The topological polar surface area (TPSA) is 66.4 Å². The van der Waals surface area contributed by atoms with Crippen LogP contribution in [0.2, 0.25) is 0 Å². The molecular formula is C27H31N5O. The molecule has 3 aromatic rings. The number of piperazine rings is 1. The Morgan fingerprint density at radius 1 is 0.939 bits per heavy atom. The van der Waals surface area contributed by atoms with Crippen molar-refractivity contribution in [1.82, 2.24) is 9.88 Å². The Bertz CT molecular complexity index is 1150. The number of hydrogen-bond donors (Lipinski definition) is 1. The quantitative estimate of drug-likeness (QED) is 0.619. The van der Waals surface area contributed by atoms with E-state index in [1.165, 1.54) is 16.6 Å². The summed E-state index contributed by atoms with van der Waals surface area (Å²) >= 11 is 0. The molecule has 6 heteroatoms. The van der Waals surface area contributed by atoms with E-state index in [1.54, 1.807) is 0 Å². The number of amides is 1. The number of anilines is 2. The lowest BCUT2D eigenvalue weighted by Crippen LogP contribution is -2.46. The molecule has 3 heterocycles. The number of hydrogen-bond acceptors (Lipinski definition) is 4. The predicted molar refractivity (Wildman–Crippen MR) is 133 cm³/mol. The summed E-state index contributed by atoms with van der Waals surface area (Å²) in [5, 5.41) is 10.3. The van der Waals surface area contributed by atoms with Crippen molar-refractivity contribution in [1.29, 1.82) is 5.26 Å². The number of aromatic amines is 1. The Morgan fingerprint density at radius 3 is 2.48 bits per heavy atom. The minimum Gasteiger partial charge on any atom is -0.369 e. The van der Waals surface area contributed by atoms with Gasteiger partial charge >= 0.3 is 0 Å². The maximum absolute atomic E-state index is 12.2. The van der Waals surface area contributed by atoms with Gasteiger partial charge in [0, 0.05) is 67.6 Å². The number of H-pyrrole nitrogens is 1.